The molecule has 1 aliphatic rings. The number of carboxylic acids is 1. The molecule has 3 N–H and O–H groups in total. The Bertz CT molecular complexity index is 687. The smallest absolute Gasteiger partial charge is 0.330 e. The van der Waals surface area contributed by atoms with Crippen molar-refractivity contribution in [3.05, 3.63) is 26.4 Å². The predicted molar refractivity (Wildman–Crippen MR) is 69.9 cm³/mol. The molecule has 1 aromatic rings. The van der Waals surface area contributed by atoms with Crippen LogP contribution in [0.3, 0.4) is 0 Å². The first kappa shape index (κ1) is 14.0. The van der Waals surface area contributed by atoms with E-state index in [1.807, 2.05) is 6.92 Å². The van der Waals surface area contributed by atoms with Gasteiger partial charge in [-0.2, -0.15) is 0 Å². The molecule has 0 bridgehead atoms. The highest BCUT2D eigenvalue weighted by Gasteiger charge is 2.37. The second-order valence-corrected chi connectivity index (χ2v) is 4.79. The normalized spacial score (nSPS) is 18.5. The van der Waals surface area contributed by atoms with Gasteiger partial charge in [-0.15, -0.1) is 0 Å². The number of carboxylic acid groups (broad SMARTS) is 1. The molecule has 8 nitrogen and oxygen atoms in total. The van der Waals surface area contributed by atoms with Crippen molar-refractivity contribution in [1.82, 2.24) is 9.55 Å². The highest BCUT2D eigenvalue weighted by atomic mass is 16.4. The van der Waals surface area contributed by atoms with Gasteiger partial charge in [0.05, 0.1) is 17.9 Å². The average Bonchev–Trinajstić information content (AvgIpc) is 2.65. The number of hydrogen-bond donors (Lipinski definition) is 3. The van der Waals surface area contributed by atoms with Crippen LogP contribution < -0.4 is 16.6 Å². The van der Waals surface area contributed by atoms with Crippen molar-refractivity contribution in [2.75, 3.05) is 5.32 Å². The number of carbonyl (C=O) groups is 2. The molecule has 2 heterocycles. The lowest BCUT2D eigenvalue weighted by atomic mass is 10.00. The molecule has 8 heteroatoms. The topological polar surface area (TPSA) is 121 Å². The van der Waals surface area contributed by atoms with E-state index in [2.05, 4.69) is 10.3 Å². The summed E-state index contributed by atoms with van der Waals surface area (Å²) in [4.78, 5) is 48.6. The van der Waals surface area contributed by atoms with E-state index in [1.54, 1.807) is 6.92 Å². The molecule has 0 aromatic carbocycles. The van der Waals surface area contributed by atoms with Crippen LogP contribution in [0.4, 0.5) is 5.82 Å². The van der Waals surface area contributed by atoms with E-state index in [0.29, 0.717) is 6.42 Å². The first-order valence-electron chi connectivity index (χ1n) is 6.28. The number of fused-ring (bicyclic) bond motifs is 1. The first-order chi connectivity index (χ1) is 9.36. The van der Waals surface area contributed by atoms with Gasteiger partial charge in [-0.25, -0.2) is 4.79 Å². The van der Waals surface area contributed by atoms with E-state index in [1.165, 1.54) is 4.57 Å². The third kappa shape index (κ3) is 2.13. The summed E-state index contributed by atoms with van der Waals surface area (Å²) in [6.45, 7) is 3.64. The maximum absolute atomic E-state index is 11.9. The van der Waals surface area contributed by atoms with Crippen LogP contribution in [0.25, 0.3) is 0 Å². The lowest BCUT2D eigenvalue weighted by molar-refractivity contribution is -0.138. The Hall–Kier alpha value is -2.38. The number of nitrogens with one attached hydrogen (secondary N) is 2. The van der Waals surface area contributed by atoms with Crippen molar-refractivity contribution < 1.29 is 14.7 Å². The standard InChI is InChI=1S/C12H15N3O5/c1-3-5(2)15-9-8(11(19)14-12(15)20)6(4-7(16)17)10(18)13-9/h5-6H,3-4H2,1-2H3,(H,13,18)(H,16,17)(H,14,19,20). The van der Waals surface area contributed by atoms with Crippen LogP contribution in [0.15, 0.2) is 9.59 Å². The van der Waals surface area contributed by atoms with Gasteiger partial charge < -0.3 is 10.4 Å². The molecule has 1 amide bonds. The third-order valence-corrected chi connectivity index (χ3v) is 3.50. The van der Waals surface area contributed by atoms with Gasteiger partial charge in [0.15, 0.2) is 0 Å². The van der Waals surface area contributed by atoms with Gasteiger partial charge in [0, 0.05) is 6.04 Å². The monoisotopic (exact) mass is 281 g/mol. The lowest BCUT2D eigenvalue weighted by Crippen LogP contribution is -2.34. The predicted octanol–water partition coefficient (Wildman–Crippen LogP) is 0.0180. The maximum atomic E-state index is 11.9. The van der Waals surface area contributed by atoms with Crippen LogP contribution >= 0.6 is 0 Å². The Kier molecular flexibility index (Phi) is 3.47. The maximum Gasteiger partial charge on any atom is 0.330 e. The molecule has 108 valence electrons. The minimum Gasteiger partial charge on any atom is -0.481 e. The summed E-state index contributed by atoms with van der Waals surface area (Å²) < 4.78 is 1.29. The van der Waals surface area contributed by atoms with E-state index in [-0.39, 0.29) is 17.4 Å². The Labute approximate surface area is 113 Å². The van der Waals surface area contributed by atoms with Crippen molar-refractivity contribution >= 4 is 17.7 Å². The molecule has 1 aliphatic heterocycles. The van der Waals surface area contributed by atoms with E-state index in [0.717, 1.165) is 0 Å². The quantitative estimate of drug-likeness (QED) is 0.718. The molecule has 0 saturated heterocycles. The zero-order valence-corrected chi connectivity index (χ0v) is 11.1. The van der Waals surface area contributed by atoms with E-state index in [9.17, 15) is 19.2 Å². The highest BCUT2D eigenvalue weighted by Crippen LogP contribution is 2.32. The van der Waals surface area contributed by atoms with Crippen molar-refractivity contribution in [2.45, 2.75) is 38.6 Å². The molecule has 0 aliphatic carbocycles. The van der Waals surface area contributed by atoms with Crippen molar-refractivity contribution in [1.29, 1.82) is 0 Å². The number of amides is 1. The minimum atomic E-state index is -1.18. The molecule has 1 aromatic heterocycles. The zero-order valence-electron chi connectivity index (χ0n) is 11.1. The summed E-state index contributed by atoms with van der Waals surface area (Å²) in [6.07, 6.45) is 0.137. The Morgan fingerprint density at radius 2 is 2.05 bits per heavy atom. The van der Waals surface area contributed by atoms with Crippen LogP contribution in [-0.2, 0) is 9.59 Å². The molecule has 0 saturated carbocycles. The average molecular weight is 281 g/mol. The van der Waals surface area contributed by atoms with Gasteiger partial charge in [0.1, 0.15) is 5.82 Å². The largest absolute Gasteiger partial charge is 0.481 e. The number of carbonyl (C=O) groups excluding carboxylic acids is 1. The van der Waals surface area contributed by atoms with Crippen LogP contribution in [0.5, 0.6) is 0 Å². The Morgan fingerprint density at radius 1 is 1.40 bits per heavy atom. The zero-order chi connectivity index (χ0) is 15.0. The van der Waals surface area contributed by atoms with E-state index < -0.39 is 35.5 Å². The highest BCUT2D eigenvalue weighted by molar-refractivity contribution is 6.03. The van der Waals surface area contributed by atoms with Gasteiger partial charge in [-0.1, -0.05) is 6.92 Å². The molecular formula is C12H15N3O5. The molecule has 0 spiro atoms. The van der Waals surface area contributed by atoms with Gasteiger partial charge in [-0.3, -0.25) is 23.9 Å². The van der Waals surface area contributed by atoms with Gasteiger partial charge in [0.2, 0.25) is 5.91 Å². The Balaban J connectivity index is 2.67. The molecular weight excluding hydrogens is 266 g/mol. The number of hydrogen-bond acceptors (Lipinski definition) is 4. The fraction of sp³-hybridized carbons (Fsp3) is 0.500. The minimum absolute atomic E-state index is 0.0253. The number of aromatic nitrogens is 2. The fourth-order valence-corrected chi connectivity index (χ4v) is 2.32. The van der Waals surface area contributed by atoms with Gasteiger partial charge in [0.25, 0.3) is 5.56 Å². The molecule has 20 heavy (non-hydrogen) atoms. The second-order valence-electron chi connectivity index (χ2n) is 4.79. The fourth-order valence-electron chi connectivity index (χ4n) is 2.32. The van der Waals surface area contributed by atoms with Gasteiger partial charge in [-0.05, 0) is 13.3 Å². The van der Waals surface area contributed by atoms with Gasteiger partial charge >= 0.3 is 11.7 Å². The van der Waals surface area contributed by atoms with E-state index >= 15 is 0 Å². The summed E-state index contributed by atoms with van der Waals surface area (Å²) in [7, 11) is 0. The SMILES string of the molecule is CCC(C)n1c2c(c(=O)[nH]c1=O)C(CC(=O)O)C(=O)N2. The molecule has 2 atom stereocenters. The molecule has 0 fully saturated rings. The third-order valence-electron chi connectivity index (χ3n) is 3.50. The molecule has 0 radical (unpaired) electrons. The van der Waals surface area contributed by atoms with Crippen molar-refractivity contribution in [3.63, 3.8) is 0 Å². The summed E-state index contributed by atoms with van der Waals surface area (Å²) in [5, 5.41) is 11.3. The number of rotatable bonds is 4. The number of nitrogens with zero attached hydrogens (tertiary/aromatic N) is 1. The lowest BCUT2D eigenvalue weighted by Gasteiger charge is -2.16. The molecule has 2 rings (SSSR count). The first-order valence-corrected chi connectivity index (χ1v) is 6.28. The second kappa shape index (κ2) is 4.95. The number of H-pyrrole nitrogens is 1. The summed E-state index contributed by atoms with van der Waals surface area (Å²) in [6, 6.07) is -0.225. The molecule has 2 unspecified atom stereocenters. The van der Waals surface area contributed by atoms with Crippen LogP contribution in [0, 0.1) is 0 Å². The van der Waals surface area contributed by atoms with Crippen molar-refractivity contribution in [2.24, 2.45) is 0 Å². The van der Waals surface area contributed by atoms with Crippen LogP contribution in [0.2, 0.25) is 0 Å². The van der Waals surface area contributed by atoms with Crippen LogP contribution in [0.1, 0.15) is 44.2 Å². The summed E-state index contributed by atoms with van der Waals surface area (Å²) >= 11 is 0. The van der Waals surface area contributed by atoms with Crippen LogP contribution in [-0.4, -0.2) is 26.5 Å². The summed E-state index contributed by atoms with van der Waals surface area (Å²) in [5.74, 6) is -2.71. The Morgan fingerprint density at radius 3 is 2.60 bits per heavy atom. The summed E-state index contributed by atoms with van der Waals surface area (Å²) in [5.41, 5.74) is -1.30. The van der Waals surface area contributed by atoms with Crippen molar-refractivity contribution in [3.8, 4) is 0 Å². The number of anilines is 1. The number of aliphatic carboxylic acids is 1. The number of aromatic amines is 1. The van der Waals surface area contributed by atoms with E-state index in [4.69, 9.17) is 5.11 Å².